The lowest BCUT2D eigenvalue weighted by Gasteiger charge is -2.34. The summed E-state index contributed by atoms with van der Waals surface area (Å²) < 4.78 is 13.2. The molecule has 1 amide bonds. The Kier molecular flexibility index (Phi) is 4.20. The van der Waals surface area contributed by atoms with Crippen molar-refractivity contribution in [1.82, 2.24) is 4.90 Å². The maximum Gasteiger partial charge on any atom is 0.253 e. The molecular weight excluding hydrogens is 243 g/mol. The molecule has 104 valence electrons. The first-order chi connectivity index (χ1) is 8.99. The van der Waals surface area contributed by atoms with Crippen molar-refractivity contribution in [1.29, 1.82) is 0 Å². The summed E-state index contributed by atoms with van der Waals surface area (Å²) in [7, 11) is 0. The molecule has 0 aromatic heterocycles. The van der Waals surface area contributed by atoms with Crippen LogP contribution >= 0.6 is 0 Å². The van der Waals surface area contributed by atoms with E-state index in [0.29, 0.717) is 23.6 Å². The molecule has 0 aliphatic carbocycles. The Hall–Kier alpha value is -1.42. The van der Waals surface area contributed by atoms with Gasteiger partial charge in [-0.3, -0.25) is 4.79 Å². The van der Waals surface area contributed by atoms with Crippen molar-refractivity contribution in [2.45, 2.75) is 32.7 Å². The van der Waals surface area contributed by atoms with Crippen LogP contribution in [0.2, 0.25) is 0 Å². The van der Waals surface area contributed by atoms with Gasteiger partial charge < -0.3 is 10.6 Å². The van der Waals surface area contributed by atoms with Gasteiger partial charge in [0.1, 0.15) is 5.82 Å². The van der Waals surface area contributed by atoms with E-state index in [-0.39, 0.29) is 17.8 Å². The van der Waals surface area contributed by atoms with Crippen molar-refractivity contribution in [3.05, 3.63) is 35.1 Å². The molecule has 1 fully saturated rings. The smallest absolute Gasteiger partial charge is 0.253 e. The first-order valence-corrected chi connectivity index (χ1v) is 6.80. The number of hydrogen-bond acceptors (Lipinski definition) is 2. The van der Waals surface area contributed by atoms with Gasteiger partial charge in [0.2, 0.25) is 0 Å². The second kappa shape index (κ2) is 5.70. The molecule has 1 aromatic carbocycles. The number of carbonyl (C=O) groups is 1. The molecule has 1 aromatic rings. The lowest BCUT2D eigenvalue weighted by molar-refractivity contribution is 0.0661. The minimum absolute atomic E-state index is 0.0200. The number of nitrogens with zero attached hydrogens (tertiary/aromatic N) is 1. The minimum atomic E-state index is -0.274. The van der Waals surface area contributed by atoms with Crippen molar-refractivity contribution in [2.24, 2.45) is 11.7 Å². The number of benzene rings is 1. The molecule has 1 aliphatic heterocycles. The third-order valence-electron chi connectivity index (χ3n) is 3.89. The molecule has 1 saturated heterocycles. The number of rotatable bonds is 2. The molecule has 0 bridgehead atoms. The van der Waals surface area contributed by atoms with E-state index in [1.165, 1.54) is 6.07 Å². The molecule has 0 unspecified atom stereocenters. The first kappa shape index (κ1) is 14.0. The van der Waals surface area contributed by atoms with E-state index < -0.39 is 0 Å². The van der Waals surface area contributed by atoms with Crippen molar-refractivity contribution in [3.8, 4) is 0 Å². The lowest BCUT2D eigenvalue weighted by Crippen LogP contribution is -2.45. The summed E-state index contributed by atoms with van der Waals surface area (Å²) in [6, 6.07) is 4.63. The van der Waals surface area contributed by atoms with E-state index in [1.807, 2.05) is 11.8 Å². The molecule has 0 radical (unpaired) electrons. The number of carbonyl (C=O) groups excluding carboxylic acids is 1. The average Bonchev–Trinajstić information content (AvgIpc) is 2.41. The van der Waals surface area contributed by atoms with Crippen LogP contribution in [0.3, 0.4) is 0 Å². The fraction of sp³-hybridized carbons (Fsp3) is 0.533. The summed E-state index contributed by atoms with van der Waals surface area (Å²) in [6.07, 6.45) is 2.06. The van der Waals surface area contributed by atoms with E-state index in [9.17, 15) is 9.18 Å². The molecule has 2 N–H and O–H groups in total. The topological polar surface area (TPSA) is 46.3 Å². The Morgan fingerprint density at radius 1 is 1.53 bits per heavy atom. The summed E-state index contributed by atoms with van der Waals surface area (Å²) in [5, 5.41) is 0. The van der Waals surface area contributed by atoms with E-state index in [1.54, 1.807) is 19.1 Å². The van der Waals surface area contributed by atoms with Gasteiger partial charge in [-0.2, -0.15) is 0 Å². The predicted molar refractivity (Wildman–Crippen MR) is 73.4 cm³/mol. The van der Waals surface area contributed by atoms with Crippen molar-refractivity contribution < 1.29 is 9.18 Å². The van der Waals surface area contributed by atoms with Crippen LogP contribution in [0.1, 0.15) is 35.7 Å². The summed E-state index contributed by atoms with van der Waals surface area (Å²) in [5.41, 5.74) is 6.99. The van der Waals surface area contributed by atoms with Crippen LogP contribution in [-0.2, 0) is 0 Å². The van der Waals surface area contributed by atoms with E-state index >= 15 is 0 Å². The number of amides is 1. The highest BCUT2D eigenvalue weighted by Crippen LogP contribution is 2.21. The molecular formula is C15H21FN2O. The predicted octanol–water partition coefficient (Wildman–Crippen LogP) is 2.33. The van der Waals surface area contributed by atoms with Gasteiger partial charge in [0.25, 0.3) is 5.91 Å². The van der Waals surface area contributed by atoms with Crippen molar-refractivity contribution in [2.75, 3.05) is 13.1 Å². The first-order valence-electron chi connectivity index (χ1n) is 6.80. The van der Waals surface area contributed by atoms with Gasteiger partial charge in [-0.15, -0.1) is 0 Å². The number of aryl methyl sites for hydroxylation is 1. The number of halogens is 1. The van der Waals surface area contributed by atoms with Gasteiger partial charge >= 0.3 is 0 Å². The highest BCUT2D eigenvalue weighted by atomic mass is 19.1. The SMILES string of the molecule is Cc1cc(C(=O)N2CCC[C@H]([C@H](C)N)C2)ccc1F. The highest BCUT2D eigenvalue weighted by Gasteiger charge is 2.26. The summed E-state index contributed by atoms with van der Waals surface area (Å²) in [5.74, 6) is 0.0661. The zero-order chi connectivity index (χ0) is 14.0. The van der Waals surface area contributed by atoms with Crippen molar-refractivity contribution in [3.63, 3.8) is 0 Å². The largest absolute Gasteiger partial charge is 0.338 e. The van der Waals surface area contributed by atoms with Gasteiger partial charge in [-0.1, -0.05) is 0 Å². The van der Waals surface area contributed by atoms with E-state index in [4.69, 9.17) is 5.73 Å². The van der Waals surface area contributed by atoms with Crippen LogP contribution in [0, 0.1) is 18.7 Å². The number of nitrogens with two attached hydrogens (primary N) is 1. The Labute approximate surface area is 113 Å². The van der Waals surface area contributed by atoms with Crippen LogP contribution < -0.4 is 5.73 Å². The minimum Gasteiger partial charge on any atom is -0.338 e. The van der Waals surface area contributed by atoms with Gasteiger partial charge in [0.05, 0.1) is 0 Å². The molecule has 2 atom stereocenters. The molecule has 4 heteroatoms. The van der Waals surface area contributed by atoms with Gasteiger partial charge in [0.15, 0.2) is 0 Å². The Morgan fingerprint density at radius 3 is 2.89 bits per heavy atom. The molecule has 0 spiro atoms. The highest BCUT2D eigenvalue weighted by molar-refractivity contribution is 5.94. The quantitative estimate of drug-likeness (QED) is 0.891. The van der Waals surface area contributed by atoms with E-state index in [0.717, 1.165) is 19.4 Å². The van der Waals surface area contributed by atoms with Gasteiger partial charge in [0, 0.05) is 24.7 Å². The maximum absolute atomic E-state index is 13.2. The lowest BCUT2D eigenvalue weighted by atomic mass is 9.92. The monoisotopic (exact) mass is 264 g/mol. The molecule has 1 heterocycles. The average molecular weight is 264 g/mol. The number of likely N-dealkylation sites (tertiary alicyclic amines) is 1. The van der Waals surface area contributed by atoms with Crippen LogP contribution in [0.4, 0.5) is 4.39 Å². The Bertz CT molecular complexity index is 473. The fourth-order valence-electron chi connectivity index (χ4n) is 2.58. The van der Waals surface area contributed by atoms with Crippen LogP contribution in [0.25, 0.3) is 0 Å². The van der Waals surface area contributed by atoms with E-state index in [2.05, 4.69) is 0 Å². The number of hydrogen-bond donors (Lipinski definition) is 1. The van der Waals surface area contributed by atoms with Gasteiger partial charge in [-0.25, -0.2) is 4.39 Å². The standard InChI is InChI=1S/C15H21FN2O/c1-10-8-12(5-6-14(10)16)15(19)18-7-3-4-13(9-18)11(2)17/h5-6,8,11,13H,3-4,7,9,17H2,1-2H3/t11-,13-/m0/s1. The zero-order valence-electron chi connectivity index (χ0n) is 11.5. The summed E-state index contributed by atoms with van der Waals surface area (Å²) >= 11 is 0. The van der Waals surface area contributed by atoms with Crippen LogP contribution in [0.15, 0.2) is 18.2 Å². The summed E-state index contributed by atoms with van der Waals surface area (Å²) in [6.45, 7) is 5.12. The van der Waals surface area contributed by atoms with Crippen molar-refractivity contribution >= 4 is 5.91 Å². The molecule has 19 heavy (non-hydrogen) atoms. The Balaban J connectivity index is 2.12. The third-order valence-corrected chi connectivity index (χ3v) is 3.89. The maximum atomic E-state index is 13.2. The molecule has 3 nitrogen and oxygen atoms in total. The fourth-order valence-corrected chi connectivity index (χ4v) is 2.58. The zero-order valence-corrected chi connectivity index (χ0v) is 11.5. The molecule has 1 aliphatic rings. The molecule has 0 saturated carbocycles. The second-order valence-corrected chi connectivity index (χ2v) is 5.48. The second-order valence-electron chi connectivity index (χ2n) is 5.48. The van der Waals surface area contributed by atoms with Crippen LogP contribution in [0.5, 0.6) is 0 Å². The van der Waals surface area contributed by atoms with Gasteiger partial charge in [-0.05, 0) is 56.4 Å². The van der Waals surface area contributed by atoms with Crippen LogP contribution in [-0.4, -0.2) is 29.9 Å². The third kappa shape index (κ3) is 3.13. The normalized spacial score (nSPS) is 21.3. The number of piperidine rings is 1. The Morgan fingerprint density at radius 2 is 2.26 bits per heavy atom. The molecule has 2 rings (SSSR count). The summed E-state index contributed by atoms with van der Waals surface area (Å²) in [4.78, 5) is 14.2.